The zero-order valence-corrected chi connectivity index (χ0v) is 13.5. The number of aryl methyl sites for hydroxylation is 1. The summed E-state index contributed by atoms with van der Waals surface area (Å²) in [6.45, 7) is 2.56. The van der Waals surface area contributed by atoms with Gasteiger partial charge in [-0.3, -0.25) is 4.79 Å². The number of carbonyl (C=O) groups is 1. The van der Waals surface area contributed by atoms with Gasteiger partial charge >= 0.3 is 0 Å². The van der Waals surface area contributed by atoms with Crippen LogP contribution in [-0.4, -0.2) is 41.2 Å². The van der Waals surface area contributed by atoms with Crippen LogP contribution in [0.15, 0.2) is 23.1 Å². The van der Waals surface area contributed by atoms with E-state index in [2.05, 4.69) is 5.32 Å². The monoisotopic (exact) mass is 335 g/mol. The molecule has 0 radical (unpaired) electrons. The van der Waals surface area contributed by atoms with E-state index in [9.17, 15) is 13.2 Å². The molecule has 0 aliphatic rings. The van der Waals surface area contributed by atoms with Gasteiger partial charge in [-0.25, -0.2) is 8.42 Å². The summed E-state index contributed by atoms with van der Waals surface area (Å²) < 4.78 is 32.7. The summed E-state index contributed by atoms with van der Waals surface area (Å²) >= 11 is 0. The van der Waals surface area contributed by atoms with Crippen LogP contribution >= 0.6 is 10.7 Å². The molecule has 8 heteroatoms. The fourth-order valence-corrected chi connectivity index (χ4v) is 2.82. The summed E-state index contributed by atoms with van der Waals surface area (Å²) in [5.41, 5.74) is 0.461. The molecule has 0 saturated carbocycles. The number of hydrogen-bond donors (Lipinski definition) is 1. The number of amides is 1. The topological polar surface area (TPSA) is 81.7 Å². The Hall–Kier alpha value is -1.31. The van der Waals surface area contributed by atoms with Crippen molar-refractivity contribution < 1.29 is 22.7 Å². The Bertz CT molecular complexity index is 588. The van der Waals surface area contributed by atoms with Crippen LogP contribution in [0.1, 0.15) is 12.0 Å². The molecule has 0 aliphatic carbocycles. The lowest BCUT2D eigenvalue weighted by Gasteiger charge is -2.09. The van der Waals surface area contributed by atoms with Gasteiger partial charge in [0.1, 0.15) is 5.75 Å². The normalized spacial score (nSPS) is 11.2. The molecule has 1 aromatic carbocycles. The maximum absolute atomic E-state index is 11.5. The van der Waals surface area contributed by atoms with Gasteiger partial charge in [0, 0.05) is 30.9 Å². The first-order valence-electron chi connectivity index (χ1n) is 6.28. The molecule has 0 aromatic heterocycles. The Balaban J connectivity index is 2.49. The van der Waals surface area contributed by atoms with Gasteiger partial charge in [0.25, 0.3) is 15.0 Å². The van der Waals surface area contributed by atoms with Crippen molar-refractivity contribution in [3.63, 3.8) is 0 Å². The predicted octanol–water partition coefficient (Wildman–Crippen LogP) is 1.45. The van der Waals surface area contributed by atoms with Gasteiger partial charge in [0.15, 0.2) is 6.61 Å². The van der Waals surface area contributed by atoms with E-state index in [1.54, 1.807) is 14.0 Å². The SMILES string of the molecule is COCCCNC(=O)COc1ccc(S(=O)(=O)Cl)c(C)c1. The maximum atomic E-state index is 11.5. The van der Waals surface area contributed by atoms with E-state index in [1.165, 1.54) is 18.2 Å². The number of halogens is 1. The average molecular weight is 336 g/mol. The van der Waals surface area contributed by atoms with Crippen molar-refractivity contribution >= 4 is 25.6 Å². The summed E-state index contributed by atoms with van der Waals surface area (Å²) in [5, 5.41) is 2.68. The zero-order valence-electron chi connectivity index (χ0n) is 11.9. The summed E-state index contributed by atoms with van der Waals surface area (Å²) in [4.78, 5) is 11.5. The van der Waals surface area contributed by atoms with E-state index < -0.39 is 9.05 Å². The van der Waals surface area contributed by atoms with Crippen LogP contribution in [0.25, 0.3) is 0 Å². The van der Waals surface area contributed by atoms with Crippen LogP contribution < -0.4 is 10.1 Å². The number of benzene rings is 1. The second kappa shape index (κ2) is 8.21. The minimum atomic E-state index is -3.77. The minimum Gasteiger partial charge on any atom is -0.484 e. The highest BCUT2D eigenvalue weighted by Crippen LogP contribution is 2.23. The molecule has 0 aliphatic heterocycles. The van der Waals surface area contributed by atoms with E-state index in [4.69, 9.17) is 20.2 Å². The molecule has 0 unspecified atom stereocenters. The summed E-state index contributed by atoms with van der Waals surface area (Å²) in [6.07, 6.45) is 0.726. The zero-order chi connectivity index (χ0) is 15.9. The van der Waals surface area contributed by atoms with Crippen LogP contribution in [0.3, 0.4) is 0 Å². The number of hydrogen-bond acceptors (Lipinski definition) is 5. The lowest BCUT2D eigenvalue weighted by atomic mass is 10.2. The number of rotatable bonds is 8. The van der Waals surface area contributed by atoms with Crippen LogP contribution in [0.2, 0.25) is 0 Å². The van der Waals surface area contributed by atoms with Crippen LogP contribution in [0, 0.1) is 6.92 Å². The Kier molecular flexibility index (Phi) is 6.94. The third-order valence-corrected chi connectivity index (χ3v) is 4.11. The number of ether oxygens (including phenoxy) is 2. The van der Waals surface area contributed by atoms with Gasteiger partial charge in [-0.15, -0.1) is 0 Å². The minimum absolute atomic E-state index is 0.0283. The van der Waals surface area contributed by atoms with Crippen LogP contribution in [0.5, 0.6) is 5.75 Å². The van der Waals surface area contributed by atoms with Crippen molar-refractivity contribution in [2.75, 3.05) is 26.9 Å². The molecule has 6 nitrogen and oxygen atoms in total. The van der Waals surface area contributed by atoms with Crippen LogP contribution in [-0.2, 0) is 18.6 Å². The first-order chi connectivity index (χ1) is 9.84. The van der Waals surface area contributed by atoms with Crippen LogP contribution in [0.4, 0.5) is 0 Å². The molecule has 1 aromatic rings. The Morgan fingerprint density at radius 3 is 2.67 bits per heavy atom. The predicted molar refractivity (Wildman–Crippen MR) is 79.2 cm³/mol. The molecule has 0 bridgehead atoms. The fourth-order valence-electron chi connectivity index (χ4n) is 1.63. The van der Waals surface area contributed by atoms with Crippen molar-refractivity contribution in [2.45, 2.75) is 18.2 Å². The molecule has 118 valence electrons. The maximum Gasteiger partial charge on any atom is 0.261 e. The first-order valence-corrected chi connectivity index (χ1v) is 8.59. The highest BCUT2D eigenvalue weighted by atomic mass is 35.7. The van der Waals surface area contributed by atoms with Crippen molar-refractivity contribution in [1.82, 2.24) is 5.32 Å². The van der Waals surface area contributed by atoms with Gasteiger partial charge in [-0.1, -0.05) is 0 Å². The van der Waals surface area contributed by atoms with Gasteiger partial charge in [-0.2, -0.15) is 0 Å². The van der Waals surface area contributed by atoms with Crippen molar-refractivity contribution in [1.29, 1.82) is 0 Å². The van der Waals surface area contributed by atoms with E-state index in [0.717, 1.165) is 6.42 Å². The molecule has 21 heavy (non-hydrogen) atoms. The molecule has 0 spiro atoms. The molecule has 1 rings (SSSR count). The third-order valence-electron chi connectivity index (χ3n) is 2.63. The standard InChI is InChI=1S/C13H18ClNO5S/c1-10-8-11(4-5-12(10)21(14,17)18)20-9-13(16)15-6-3-7-19-2/h4-5,8H,3,6-7,9H2,1-2H3,(H,15,16). The molecule has 1 amide bonds. The van der Waals surface area contributed by atoms with Gasteiger partial charge in [0.2, 0.25) is 0 Å². The molecule has 0 saturated heterocycles. The molecular weight excluding hydrogens is 318 g/mol. The average Bonchev–Trinajstić information content (AvgIpc) is 2.40. The fraction of sp³-hybridized carbons (Fsp3) is 0.462. The first kappa shape index (κ1) is 17.7. The second-order valence-electron chi connectivity index (χ2n) is 4.35. The lowest BCUT2D eigenvalue weighted by Crippen LogP contribution is -2.30. The quantitative estimate of drug-likeness (QED) is 0.574. The highest BCUT2D eigenvalue weighted by molar-refractivity contribution is 8.13. The third kappa shape index (κ3) is 6.33. The van der Waals surface area contributed by atoms with E-state index >= 15 is 0 Å². The Morgan fingerprint density at radius 1 is 1.38 bits per heavy atom. The summed E-state index contributed by atoms with van der Waals surface area (Å²) in [6, 6.07) is 4.33. The largest absolute Gasteiger partial charge is 0.484 e. The van der Waals surface area contributed by atoms with Crippen molar-refractivity contribution in [3.8, 4) is 5.75 Å². The molecule has 0 atom stereocenters. The molecule has 0 fully saturated rings. The van der Waals surface area contributed by atoms with Crippen molar-refractivity contribution in [3.05, 3.63) is 23.8 Å². The number of carbonyl (C=O) groups excluding carboxylic acids is 1. The number of nitrogens with one attached hydrogen (secondary N) is 1. The van der Waals surface area contributed by atoms with E-state index in [-0.39, 0.29) is 17.4 Å². The van der Waals surface area contributed by atoms with E-state index in [1.807, 2.05) is 0 Å². The molecule has 0 heterocycles. The Labute approximate surface area is 128 Å². The summed E-state index contributed by atoms with van der Waals surface area (Å²) in [7, 11) is 3.11. The lowest BCUT2D eigenvalue weighted by molar-refractivity contribution is -0.123. The van der Waals surface area contributed by atoms with Gasteiger partial charge in [-0.05, 0) is 37.1 Å². The number of methoxy groups -OCH3 is 1. The highest BCUT2D eigenvalue weighted by Gasteiger charge is 2.14. The Morgan fingerprint density at radius 2 is 2.10 bits per heavy atom. The van der Waals surface area contributed by atoms with E-state index in [0.29, 0.717) is 24.5 Å². The van der Waals surface area contributed by atoms with Gasteiger partial charge < -0.3 is 14.8 Å². The molecular formula is C13H18ClNO5S. The smallest absolute Gasteiger partial charge is 0.261 e. The molecule has 1 N–H and O–H groups in total. The van der Waals surface area contributed by atoms with Crippen molar-refractivity contribution in [2.24, 2.45) is 0 Å². The second-order valence-corrected chi connectivity index (χ2v) is 6.88. The summed E-state index contributed by atoms with van der Waals surface area (Å²) in [5.74, 6) is 0.154. The van der Waals surface area contributed by atoms with Gasteiger partial charge in [0.05, 0.1) is 4.90 Å².